The standard InChI is InChI=1S/C23H26ClN5O6S/c1-13(2)25-22(30)21-15(5)23(28(26-21)17-8-6-16(24)7-9-17)35-19-11-10-18(29(31)32)12-20(19)36(33,34)27-14(3)4/h6-14,27H,1-5H3,(H,25,30). The van der Waals surface area contributed by atoms with Gasteiger partial charge in [-0.25, -0.2) is 13.1 Å². The number of benzene rings is 2. The van der Waals surface area contributed by atoms with E-state index in [9.17, 15) is 23.3 Å². The van der Waals surface area contributed by atoms with Crippen molar-refractivity contribution in [2.75, 3.05) is 0 Å². The summed E-state index contributed by atoms with van der Waals surface area (Å²) in [4.78, 5) is 23.0. The minimum absolute atomic E-state index is 0.0566. The van der Waals surface area contributed by atoms with Crippen LogP contribution in [0.2, 0.25) is 5.02 Å². The zero-order chi connectivity index (χ0) is 26.8. The second-order valence-electron chi connectivity index (χ2n) is 8.56. The smallest absolute Gasteiger partial charge is 0.272 e. The van der Waals surface area contributed by atoms with Crippen LogP contribution in [0.4, 0.5) is 5.69 Å². The molecule has 11 nitrogen and oxygen atoms in total. The molecule has 0 unspecified atom stereocenters. The Labute approximate surface area is 213 Å². The van der Waals surface area contributed by atoms with Crippen LogP contribution in [-0.2, 0) is 10.0 Å². The molecule has 0 saturated heterocycles. The number of sulfonamides is 1. The monoisotopic (exact) mass is 535 g/mol. The number of halogens is 1. The lowest BCUT2D eigenvalue weighted by Gasteiger charge is -2.15. The Balaban J connectivity index is 2.21. The number of amides is 1. The van der Waals surface area contributed by atoms with E-state index in [-0.39, 0.29) is 23.4 Å². The number of carbonyl (C=O) groups is 1. The van der Waals surface area contributed by atoms with Gasteiger partial charge in [-0.1, -0.05) is 11.6 Å². The highest BCUT2D eigenvalue weighted by Gasteiger charge is 2.28. The van der Waals surface area contributed by atoms with E-state index in [2.05, 4.69) is 15.1 Å². The van der Waals surface area contributed by atoms with E-state index >= 15 is 0 Å². The van der Waals surface area contributed by atoms with Crippen LogP contribution in [-0.4, -0.2) is 41.1 Å². The number of nitrogens with zero attached hydrogens (tertiary/aromatic N) is 3. The molecular formula is C23H26ClN5O6S. The molecule has 0 aliphatic rings. The summed E-state index contributed by atoms with van der Waals surface area (Å²) in [6.07, 6.45) is 0. The largest absolute Gasteiger partial charge is 0.437 e. The van der Waals surface area contributed by atoms with Crippen molar-refractivity contribution in [3.05, 3.63) is 68.9 Å². The maximum Gasteiger partial charge on any atom is 0.272 e. The lowest BCUT2D eigenvalue weighted by molar-refractivity contribution is -0.385. The molecule has 0 aliphatic carbocycles. The number of aromatic nitrogens is 2. The van der Waals surface area contributed by atoms with Crippen molar-refractivity contribution in [3.63, 3.8) is 0 Å². The normalized spacial score (nSPS) is 11.7. The van der Waals surface area contributed by atoms with Gasteiger partial charge in [0.15, 0.2) is 5.69 Å². The molecule has 2 N–H and O–H groups in total. The number of hydrogen-bond acceptors (Lipinski definition) is 7. The number of ether oxygens (including phenoxy) is 1. The second kappa shape index (κ2) is 10.6. The maximum absolute atomic E-state index is 13.0. The van der Waals surface area contributed by atoms with Crippen LogP contribution in [0.25, 0.3) is 5.69 Å². The molecule has 0 fully saturated rings. The first-order valence-electron chi connectivity index (χ1n) is 10.9. The van der Waals surface area contributed by atoms with Gasteiger partial charge in [0.2, 0.25) is 15.9 Å². The van der Waals surface area contributed by atoms with Crippen molar-refractivity contribution >= 4 is 33.2 Å². The third kappa shape index (κ3) is 6.01. The summed E-state index contributed by atoms with van der Waals surface area (Å²) in [6.45, 7) is 8.45. The van der Waals surface area contributed by atoms with Crippen LogP contribution in [0, 0.1) is 17.0 Å². The van der Waals surface area contributed by atoms with E-state index in [1.54, 1.807) is 58.9 Å². The molecule has 0 atom stereocenters. The average molecular weight is 536 g/mol. The molecule has 36 heavy (non-hydrogen) atoms. The third-order valence-electron chi connectivity index (χ3n) is 4.80. The van der Waals surface area contributed by atoms with Gasteiger partial charge in [-0.3, -0.25) is 14.9 Å². The van der Waals surface area contributed by atoms with E-state index in [0.717, 1.165) is 12.1 Å². The highest BCUT2D eigenvalue weighted by atomic mass is 35.5. The minimum atomic E-state index is -4.19. The van der Waals surface area contributed by atoms with Crippen molar-refractivity contribution in [3.8, 4) is 17.3 Å². The summed E-state index contributed by atoms with van der Waals surface area (Å²) in [7, 11) is -4.19. The molecule has 0 saturated carbocycles. The molecule has 3 rings (SSSR count). The summed E-state index contributed by atoms with van der Waals surface area (Å²) in [5.74, 6) is -0.568. The van der Waals surface area contributed by atoms with E-state index in [0.29, 0.717) is 16.3 Å². The van der Waals surface area contributed by atoms with Gasteiger partial charge < -0.3 is 10.1 Å². The number of carbonyl (C=O) groups excluding carboxylic acids is 1. The van der Waals surface area contributed by atoms with Crippen LogP contribution in [0.1, 0.15) is 43.7 Å². The first-order valence-corrected chi connectivity index (χ1v) is 12.8. The molecule has 0 aliphatic heterocycles. The van der Waals surface area contributed by atoms with Crippen molar-refractivity contribution in [2.45, 2.75) is 51.6 Å². The maximum atomic E-state index is 13.0. The summed E-state index contributed by atoms with van der Waals surface area (Å²) in [5, 5.41) is 19.0. The number of hydrogen-bond donors (Lipinski definition) is 2. The Hall–Kier alpha value is -3.48. The lowest BCUT2D eigenvalue weighted by Crippen LogP contribution is -2.31. The fourth-order valence-corrected chi connectivity index (χ4v) is 4.81. The summed E-state index contributed by atoms with van der Waals surface area (Å²) >= 11 is 6.01. The van der Waals surface area contributed by atoms with Gasteiger partial charge in [-0.05, 0) is 65.0 Å². The highest BCUT2D eigenvalue weighted by molar-refractivity contribution is 7.89. The number of nitrogens with one attached hydrogen (secondary N) is 2. The first-order chi connectivity index (χ1) is 16.8. The van der Waals surface area contributed by atoms with Crippen molar-refractivity contribution in [2.24, 2.45) is 0 Å². The molecule has 0 radical (unpaired) electrons. The average Bonchev–Trinajstić information content (AvgIpc) is 3.09. The van der Waals surface area contributed by atoms with E-state index < -0.39 is 37.5 Å². The van der Waals surface area contributed by atoms with Gasteiger partial charge in [0.25, 0.3) is 11.6 Å². The Morgan fingerprint density at radius 2 is 1.75 bits per heavy atom. The number of non-ortho nitro benzene ring substituents is 1. The minimum Gasteiger partial charge on any atom is -0.437 e. The SMILES string of the molecule is Cc1c(C(=O)NC(C)C)nn(-c2ccc(Cl)cc2)c1Oc1ccc([N+](=O)[O-])cc1S(=O)(=O)NC(C)C. The lowest BCUT2D eigenvalue weighted by atomic mass is 10.2. The highest BCUT2D eigenvalue weighted by Crippen LogP contribution is 2.36. The predicted molar refractivity (Wildman–Crippen MR) is 135 cm³/mol. The summed E-state index contributed by atoms with van der Waals surface area (Å²) < 4.78 is 35.8. The van der Waals surface area contributed by atoms with Crippen LogP contribution in [0.15, 0.2) is 47.4 Å². The Morgan fingerprint density at radius 1 is 1.11 bits per heavy atom. The van der Waals surface area contributed by atoms with Gasteiger partial charge in [0.1, 0.15) is 10.6 Å². The first kappa shape index (κ1) is 27.1. The van der Waals surface area contributed by atoms with Gasteiger partial charge >= 0.3 is 0 Å². The molecule has 3 aromatic rings. The zero-order valence-electron chi connectivity index (χ0n) is 20.3. The van der Waals surface area contributed by atoms with E-state index in [4.69, 9.17) is 16.3 Å². The van der Waals surface area contributed by atoms with Gasteiger partial charge in [0, 0.05) is 34.8 Å². The zero-order valence-corrected chi connectivity index (χ0v) is 21.8. The third-order valence-corrected chi connectivity index (χ3v) is 6.73. The molecule has 13 heteroatoms. The number of rotatable bonds is 9. The number of nitro groups is 1. The van der Waals surface area contributed by atoms with Crippen molar-refractivity contribution in [1.82, 2.24) is 19.8 Å². The Morgan fingerprint density at radius 3 is 2.31 bits per heavy atom. The van der Waals surface area contributed by atoms with E-state index in [1.807, 2.05) is 0 Å². The fraction of sp³-hybridized carbons (Fsp3) is 0.304. The quantitative estimate of drug-likeness (QED) is 0.306. The van der Waals surface area contributed by atoms with Crippen LogP contribution < -0.4 is 14.8 Å². The van der Waals surface area contributed by atoms with E-state index in [1.165, 1.54) is 10.7 Å². The molecule has 1 aromatic heterocycles. The number of nitro benzene ring substituents is 1. The summed E-state index contributed by atoms with van der Waals surface area (Å²) in [5.41, 5.74) is 0.473. The van der Waals surface area contributed by atoms with Crippen molar-refractivity contribution < 1.29 is 22.9 Å². The second-order valence-corrected chi connectivity index (χ2v) is 10.7. The topological polar surface area (TPSA) is 145 Å². The fourth-order valence-electron chi connectivity index (χ4n) is 3.29. The Bertz CT molecular complexity index is 1400. The summed E-state index contributed by atoms with van der Waals surface area (Å²) in [6, 6.07) is 9.17. The van der Waals surface area contributed by atoms with Gasteiger partial charge in [-0.15, -0.1) is 0 Å². The Kier molecular flexibility index (Phi) is 8.02. The van der Waals surface area contributed by atoms with Crippen LogP contribution in [0.3, 0.4) is 0 Å². The van der Waals surface area contributed by atoms with Gasteiger partial charge in [-0.2, -0.15) is 9.78 Å². The van der Waals surface area contributed by atoms with Gasteiger partial charge in [0.05, 0.1) is 10.6 Å². The molecular weight excluding hydrogens is 510 g/mol. The van der Waals surface area contributed by atoms with Crippen LogP contribution in [0.5, 0.6) is 11.6 Å². The molecule has 1 heterocycles. The molecule has 192 valence electrons. The molecule has 0 spiro atoms. The predicted octanol–water partition coefficient (Wildman–Crippen LogP) is 4.36. The van der Waals surface area contributed by atoms with Crippen LogP contribution >= 0.6 is 11.6 Å². The molecule has 0 bridgehead atoms. The van der Waals surface area contributed by atoms with Crippen molar-refractivity contribution in [1.29, 1.82) is 0 Å². The molecule has 2 aromatic carbocycles. The molecule has 1 amide bonds.